The minimum absolute atomic E-state index is 0.794. The van der Waals surface area contributed by atoms with Gasteiger partial charge < -0.3 is 10.2 Å². The van der Waals surface area contributed by atoms with Crippen LogP contribution < -0.4 is 5.32 Å². The van der Waals surface area contributed by atoms with Crippen LogP contribution in [0, 0.1) is 0 Å². The standard InChI is InChI=1S/C13H20N2/c1-15(2)10-12-5-3-4-11(8-12)9-14-13-6-7-13/h3-5,8,13-14H,6-7,9-10H2,1-2H3. The van der Waals surface area contributed by atoms with Crippen LogP contribution in [0.3, 0.4) is 0 Å². The zero-order valence-corrected chi connectivity index (χ0v) is 9.66. The van der Waals surface area contributed by atoms with Gasteiger partial charge >= 0.3 is 0 Å². The topological polar surface area (TPSA) is 15.3 Å². The average molecular weight is 204 g/mol. The maximum absolute atomic E-state index is 3.54. The molecule has 0 radical (unpaired) electrons. The van der Waals surface area contributed by atoms with Crippen molar-refractivity contribution in [3.8, 4) is 0 Å². The molecule has 0 heterocycles. The molecule has 1 aromatic carbocycles. The maximum Gasteiger partial charge on any atom is 0.0227 e. The lowest BCUT2D eigenvalue weighted by Crippen LogP contribution is -2.16. The van der Waals surface area contributed by atoms with E-state index >= 15 is 0 Å². The summed E-state index contributed by atoms with van der Waals surface area (Å²) in [6, 6.07) is 9.65. The second kappa shape index (κ2) is 4.77. The van der Waals surface area contributed by atoms with E-state index in [0.29, 0.717) is 0 Å². The van der Waals surface area contributed by atoms with Gasteiger partial charge in [0.05, 0.1) is 0 Å². The summed E-state index contributed by atoms with van der Waals surface area (Å²) in [7, 11) is 4.21. The molecule has 0 aliphatic heterocycles. The van der Waals surface area contributed by atoms with E-state index in [-0.39, 0.29) is 0 Å². The van der Waals surface area contributed by atoms with E-state index in [1.807, 2.05) is 0 Å². The molecule has 0 bridgehead atoms. The second-order valence-electron chi connectivity index (χ2n) is 4.71. The first-order chi connectivity index (χ1) is 7.24. The molecular weight excluding hydrogens is 184 g/mol. The normalized spacial score (nSPS) is 15.9. The third-order valence-corrected chi connectivity index (χ3v) is 2.66. The van der Waals surface area contributed by atoms with Crippen LogP contribution in [0.2, 0.25) is 0 Å². The van der Waals surface area contributed by atoms with Crippen molar-refractivity contribution in [2.24, 2.45) is 0 Å². The van der Waals surface area contributed by atoms with E-state index in [0.717, 1.165) is 19.1 Å². The van der Waals surface area contributed by atoms with Gasteiger partial charge in [-0.1, -0.05) is 24.3 Å². The summed E-state index contributed by atoms with van der Waals surface area (Å²) >= 11 is 0. The highest BCUT2D eigenvalue weighted by atomic mass is 15.0. The Morgan fingerprint density at radius 3 is 2.67 bits per heavy atom. The van der Waals surface area contributed by atoms with Crippen molar-refractivity contribution in [3.63, 3.8) is 0 Å². The Balaban J connectivity index is 1.91. The first-order valence-electron chi connectivity index (χ1n) is 5.70. The fourth-order valence-electron chi connectivity index (χ4n) is 1.75. The first-order valence-corrected chi connectivity index (χ1v) is 5.70. The van der Waals surface area contributed by atoms with Crippen LogP contribution in [0.5, 0.6) is 0 Å². The van der Waals surface area contributed by atoms with Gasteiger partial charge in [0.25, 0.3) is 0 Å². The molecule has 0 saturated heterocycles. The molecule has 2 rings (SSSR count). The van der Waals surface area contributed by atoms with Crippen LogP contribution in [0.15, 0.2) is 24.3 Å². The van der Waals surface area contributed by atoms with Gasteiger partial charge in [-0.15, -0.1) is 0 Å². The smallest absolute Gasteiger partial charge is 0.0227 e. The van der Waals surface area contributed by atoms with Gasteiger partial charge in [0, 0.05) is 19.1 Å². The molecule has 0 atom stereocenters. The lowest BCUT2D eigenvalue weighted by Gasteiger charge is -2.11. The van der Waals surface area contributed by atoms with Crippen LogP contribution in [-0.4, -0.2) is 25.0 Å². The van der Waals surface area contributed by atoms with Crippen molar-refractivity contribution in [3.05, 3.63) is 35.4 Å². The summed E-state index contributed by atoms with van der Waals surface area (Å²) in [6.07, 6.45) is 2.72. The number of nitrogens with one attached hydrogen (secondary N) is 1. The minimum Gasteiger partial charge on any atom is -0.310 e. The lowest BCUT2D eigenvalue weighted by atomic mass is 10.1. The van der Waals surface area contributed by atoms with Crippen LogP contribution in [-0.2, 0) is 13.1 Å². The Hall–Kier alpha value is -0.860. The van der Waals surface area contributed by atoms with Crippen LogP contribution in [0.1, 0.15) is 24.0 Å². The number of rotatable bonds is 5. The zero-order chi connectivity index (χ0) is 10.7. The van der Waals surface area contributed by atoms with E-state index in [4.69, 9.17) is 0 Å². The maximum atomic E-state index is 3.54. The second-order valence-corrected chi connectivity index (χ2v) is 4.71. The summed E-state index contributed by atoms with van der Waals surface area (Å²) < 4.78 is 0. The fourth-order valence-corrected chi connectivity index (χ4v) is 1.75. The van der Waals surface area contributed by atoms with E-state index in [1.54, 1.807) is 0 Å². The summed E-state index contributed by atoms with van der Waals surface area (Å²) in [5.74, 6) is 0. The van der Waals surface area contributed by atoms with Gasteiger partial charge in [-0.2, -0.15) is 0 Å². The quantitative estimate of drug-likeness (QED) is 0.789. The highest BCUT2D eigenvalue weighted by molar-refractivity contribution is 5.23. The van der Waals surface area contributed by atoms with Crippen molar-refractivity contribution in [2.75, 3.05) is 14.1 Å². The van der Waals surface area contributed by atoms with Gasteiger partial charge in [-0.05, 0) is 38.1 Å². The van der Waals surface area contributed by atoms with Crippen molar-refractivity contribution < 1.29 is 0 Å². The molecule has 0 unspecified atom stereocenters. The molecule has 1 aliphatic carbocycles. The van der Waals surface area contributed by atoms with Gasteiger partial charge in [0.1, 0.15) is 0 Å². The average Bonchev–Trinajstić information content (AvgIpc) is 2.97. The molecular formula is C13H20N2. The Morgan fingerprint density at radius 2 is 2.00 bits per heavy atom. The molecule has 0 spiro atoms. The molecule has 1 fully saturated rings. The summed E-state index contributed by atoms with van der Waals surface area (Å²) in [5.41, 5.74) is 2.80. The number of hydrogen-bond acceptors (Lipinski definition) is 2. The number of nitrogens with zero attached hydrogens (tertiary/aromatic N) is 1. The molecule has 0 amide bonds. The van der Waals surface area contributed by atoms with Crippen molar-refractivity contribution in [1.29, 1.82) is 0 Å². The van der Waals surface area contributed by atoms with Crippen molar-refractivity contribution in [1.82, 2.24) is 10.2 Å². The molecule has 1 saturated carbocycles. The highest BCUT2D eigenvalue weighted by Gasteiger charge is 2.19. The molecule has 1 N–H and O–H groups in total. The largest absolute Gasteiger partial charge is 0.310 e. The third-order valence-electron chi connectivity index (χ3n) is 2.66. The number of benzene rings is 1. The lowest BCUT2D eigenvalue weighted by molar-refractivity contribution is 0.402. The van der Waals surface area contributed by atoms with Crippen LogP contribution in [0.4, 0.5) is 0 Å². The predicted octanol–water partition coefficient (Wildman–Crippen LogP) is 2.00. The Morgan fingerprint density at radius 1 is 1.27 bits per heavy atom. The fraction of sp³-hybridized carbons (Fsp3) is 0.538. The summed E-state index contributed by atoms with van der Waals surface area (Å²) in [6.45, 7) is 2.04. The highest BCUT2D eigenvalue weighted by Crippen LogP contribution is 2.19. The molecule has 82 valence electrons. The van der Waals surface area contributed by atoms with Crippen LogP contribution >= 0.6 is 0 Å². The van der Waals surface area contributed by atoms with Gasteiger partial charge in [0.15, 0.2) is 0 Å². The Labute approximate surface area is 92.3 Å². The molecule has 0 aromatic heterocycles. The van der Waals surface area contributed by atoms with E-state index in [1.165, 1.54) is 24.0 Å². The van der Waals surface area contributed by atoms with Crippen LogP contribution in [0.25, 0.3) is 0 Å². The molecule has 1 aliphatic rings. The third kappa shape index (κ3) is 3.65. The van der Waals surface area contributed by atoms with Crippen molar-refractivity contribution >= 4 is 0 Å². The predicted molar refractivity (Wildman–Crippen MR) is 63.7 cm³/mol. The van der Waals surface area contributed by atoms with Gasteiger partial charge in [0.2, 0.25) is 0 Å². The zero-order valence-electron chi connectivity index (χ0n) is 9.66. The molecule has 2 heteroatoms. The molecule has 1 aromatic rings. The summed E-state index contributed by atoms with van der Waals surface area (Å²) in [5, 5.41) is 3.54. The van der Waals surface area contributed by atoms with E-state index in [9.17, 15) is 0 Å². The monoisotopic (exact) mass is 204 g/mol. The number of hydrogen-bond donors (Lipinski definition) is 1. The van der Waals surface area contributed by atoms with E-state index in [2.05, 4.69) is 48.6 Å². The minimum atomic E-state index is 0.794. The van der Waals surface area contributed by atoms with Gasteiger partial charge in [-0.3, -0.25) is 0 Å². The summed E-state index contributed by atoms with van der Waals surface area (Å²) in [4.78, 5) is 2.20. The van der Waals surface area contributed by atoms with E-state index < -0.39 is 0 Å². The van der Waals surface area contributed by atoms with Crippen molar-refractivity contribution in [2.45, 2.75) is 32.0 Å². The molecule has 15 heavy (non-hydrogen) atoms. The Kier molecular flexibility index (Phi) is 3.39. The Bertz CT molecular complexity index is 316. The molecule has 2 nitrogen and oxygen atoms in total. The first kappa shape index (κ1) is 10.7. The SMILES string of the molecule is CN(C)Cc1cccc(CNC2CC2)c1. The van der Waals surface area contributed by atoms with Gasteiger partial charge in [-0.25, -0.2) is 0 Å².